The van der Waals surface area contributed by atoms with Crippen LogP contribution in [0.3, 0.4) is 0 Å². The predicted molar refractivity (Wildman–Crippen MR) is 116 cm³/mol. The summed E-state index contributed by atoms with van der Waals surface area (Å²) in [6.45, 7) is 4.90. The summed E-state index contributed by atoms with van der Waals surface area (Å²) in [5.41, 5.74) is 7.59. The summed E-state index contributed by atoms with van der Waals surface area (Å²) >= 11 is 0. The molecule has 2 rings (SSSR count). The van der Waals surface area contributed by atoms with E-state index >= 15 is 0 Å². The summed E-state index contributed by atoms with van der Waals surface area (Å²) in [5, 5.41) is 6.24. The van der Waals surface area contributed by atoms with Crippen LogP contribution in [-0.4, -0.2) is 38.4 Å². The molecule has 0 aromatic heterocycles. The van der Waals surface area contributed by atoms with E-state index in [1.807, 2.05) is 54.6 Å². The van der Waals surface area contributed by atoms with Crippen molar-refractivity contribution in [1.82, 2.24) is 10.6 Å². The van der Waals surface area contributed by atoms with Crippen LogP contribution in [0.1, 0.15) is 30.9 Å². The molecule has 2 aromatic rings. The highest BCUT2D eigenvalue weighted by Gasteiger charge is 2.16. The van der Waals surface area contributed by atoms with Crippen LogP contribution in [-0.2, 0) is 17.8 Å². The molecule has 29 heavy (non-hydrogen) atoms. The minimum Gasteiger partial charge on any atom is -0.493 e. The number of benzene rings is 2. The second-order valence-corrected chi connectivity index (χ2v) is 6.91. The molecule has 1 unspecified atom stereocenters. The third-order valence-corrected chi connectivity index (χ3v) is 4.44. The molecule has 0 saturated heterocycles. The Hall–Kier alpha value is -2.57. The summed E-state index contributed by atoms with van der Waals surface area (Å²) in [4.78, 5) is 12.3. The fourth-order valence-electron chi connectivity index (χ4n) is 2.89. The van der Waals surface area contributed by atoms with Crippen molar-refractivity contribution in [2.45, 2.75) is 38.8 Å². The number of alkyl carbamates (subject to hydrolysis) is 1. The largest absolute Gasteiger partial charge is 0.493 e. The van der Waals surface area contributed by atoms with Gasteiger partial charge in [0.15, 0.2) is 0 Å². The Bertz CT molecular complexity index is 710. The van der Waals surface area contributed by atoms with Crippen LogP contribution in [0.5, 0.6) is 5.75 Å². The van der Waals surface area contributed by atoms with Gasteiger partial charge in [-0.2, -0.15) is 0 Å². The third-order valence-electron chi connectivity index (χ3n) is 4.44. The zero-order chi connectivity index (χ0) is 20.7. The molecule has 0 radical (unpaired) electrons. The van der Waals surface area contributed by atoms with Crippen LogP contribution >= 0.6 is 0 Å². The molecule has 158 valence electrons. The van der Waals surface area contributed by atoms with Crippen LogP contribution in [0.2, 0.25) is 0 Å². The van der Waals surface area contributed by atoms with Gasteiger partial charge in [-0.25, -0.2) is 4.79 Å². The van der Waals surface area contributed by atoms with Crippen molar-refractivity contribution in [3.63, 3.8) is 0 Å². The molecule has 0 aliphatic rings. The highest BCUT2D eigenvalue weighted by molar-refractivity contribution is 5.67. The monoisotopic (exact) mass is 399 g/mol. The van der Waals surface area contributed by atoms with Crippen molar-refractivity contribution < 1.29 is 14.3 Å². The van der Waals surface area contributed by atoms with Crippen molar-refractivity contribution in [3.05, 3.63) is 65.7 Å². The Morgan fingerprint density at radius 3 is 2.62 bits per heavy atom. The van der Waals surface area contributed by atoms with Crippen molar-refractivity contribution in [3.8, 4) is 5.75 Å². The maximum Gasteiger partial charge on any atom is 0.407 e. The predicted octanol–water partition coefficient (Wildman–Crippen LogP) is 3.25. The lowest BCUT2D eigenvalue weighted by atomic mass is 10.0. The first-order valence-electron chi connectivity index (χ1n) is 10.3. The van der Waals surface area contributed by atoms with Crippen LogP contribution in [0.4, 0.5) is 4.79 Å². The SMILES string of the molecule is CCCCOc1ccccc1CC(CNCCN)NC(=O)OCc1ccccc1. The van der Waals surface area contributed by atoms with Gasteiger partial charge >= 0.3 is 6.09 Å². The molecule has 0 saturated carbocycles. The third kappa shape index (κ3) is 8.98. The van der Waals surface area contributed by atoms with E-state index in [9.17, 15) is 4.79 Å². The van der Waals surface area contributed by atoms with Gasteiger partial charge in [0.1, 0.15) is 12.4 Å². The van der Waals surface area contributed by atoms with Crippen molar-refractivity contribution in [1.29, 1.82) is 0 Å². The van der Waals surface area contributed by atoms with Crippen LogP contribution in [0, 0.1) is 0 Å². The summed E-state index contributed by atoms with van der Waals surface area (Å²) in [7, 11) is 0. The number of rotatable bonds is 13. The van der Waals surface area contributed by atoms with E-state index in [1.165, 1.54) is 0 Å². The van der Waals surface area contributed by atoms with Gasteiger partial charge in [0.05, 0.1) is 6.61 Å². The maximum absolute atomic E-state index is 12.3. The minimum atomic E-state index is -0.433. The number of nitrogens with one attached hydrogen (secondary N) is 2. The zero-order valence-electron chi connectivity index (χ0n) is 17.2. The van der Waals surface area contributed by atoms with Gasteiger partial charge in [0, 0.05) is 25.7 Å². The number of para-hydroxylation sites is 1. The lowest BCUT2D eigenvalue weighted by Gasteiger charge is -2.21. The fourth-order valence-corrected chi connectivity index (χ4v) is 2.89. The molecule has 2 aromatic carbocycles. The standard InChI is InChI=1S/C23H33N3O3/c1-2-3-15-28-22-12-8-7-11-20(22)16-21(17-25-14-13-24)26-23(27)29-18-19-9-5-4-6-10-19/h4-12,21,25H,2-3,13-18,24H2,1H3,(H,26,27). The van der Waals surface area contributed by atoms with Crippen LogP contribution in [0.15, 0.2) is 54.6 Å². The summed E-state index contributed by atoms with van der Waals surface area (Å²) < 4.78 is 11.3. The molecule has 0 fully saturated rings. The molecule has 6 heteroatoms. The lowest BCUT2D eigenvalue weighted by molar-refractivity contribution is 0.135. The average Bonchev–Trinajstić information content (AvgIpc) is 2.74. The summed E-state index contributed by atoms with van der Waals surface area (Å²) in [6, 6.07) is 17.5. The second-order valence-electron chi connectivity index (χ2n) is 6.91. The van der Waals surface area contributed by atoms with E-state index in [-0.39, 0.29) is 12.6 Å². The number of unbranched alkanes of at least 4 members (excludes halogenated alkanes) is 1. The van der Waals surface area contributed by atoms with E-state index in [0.29, 0.717) is 32.7 Å². The Labute approximate surface area is 173 Å². The first kappa shape index (κ1) is 22.7. The van der Waals surface area contributed by atoms with Crippen molar-refractivity contribution >= 4 is 6.09 Å². The van der Waals surface area contributed by atoms with E-state index in [1.54, 1.807) is 0 Å². The Morgan fingerprint density at radius 2 is 1.86 bits per heavy atom. The summed E-state index contributed by atoms with van der Waals surface area (Å²) in [6.07, 6.45) is 2.31. The number of nitrogens with two attached hydrogens (primary N) is 1. The van der Waals surface area contributed by atoms with Gasteiger partial charge < -0.3 is 25.8 Å². The highest BCUT2D eigenvalue weighted by atomic mass is 16.5. The molecule has 1 atom stereocenters. The van der Waals surface area contributed by atoms with Gasteiger partial charge in [0.25, 0.3) is 0 Å². The Kier molecular flexibility index (Phi) is 10.6. The van der Waals surface area contributed by atoms with Crippen molar-refractivity contribution in [2.75, 3.05) is 26.2 Å². The Balaban J connectivity index is 1.95. The molecule has 0 aliphatic carbocycles. The van der Waals surface area contributed by atoms with E-state index in [0.717, 1.165) is 29.7 Å². The molecule has 4 N–H and O–H groups in total. The number of carbonyl (C=O) groups excluding carboxylic acids is 1. The Morgan fingerprint density at radius 1 is 1.10 bits per heavy atom. The average molecular weight is 400 g/mol. The molecular formula is C23H33N3O3. The van der Waals surface area contributed by atoms with Gasteiger partial charge in [0.2, 0.25) is 0 Å². The lowest BCUT2D eigenvalue weighted by Crippen LogP contribution is -2.44. The van der Waals surface area contributed by atoms with Crippen LogP contribution in [0.25, 0.3) is 0 Å². The molecule has 0 bridgehead atoms. The van der Waals surface area contributed by atoms with E-state index in [2.05, 4.69) is 17.6 Å². The fraction of sp³-hybridized carbons (Fsp3) is 0.435. The van der Waals surface area contributed by atoms with Gasteiger partial charge in [-0.3, -0.25) is 0 Å². The first-order valence-corrected chi connectivity index (χ1v) is 10.3. The normalized spacial score (nSPS) is 11.7. The molecule has 6 nitrogen and oxygen atoms in total. The molecule has 0 aliphatic heterocycles. The van der Waals surface area contributed by atoms with Crippen molar-refractivity contribution in [2.24, 2.45) is 5.73 Å². The molecule has 0 heterocycles. The smallest absolute Gasteiger partial charge is 0.407 e. The summed E-state index contributed by atoms with van der Waals surface area (Å²) in [5.74, 6) is 0.865. The molecular weight excluding hydrogens is 366 g/mol. The topological polar surface area (TPSA) is 85.6 Å². The first-order chi connectivity index (χ1) is 14.2. The quantitative estimate of drug-likeness (QED) is 0.450. The highest BCUT2D eigenvalue weighted by Crippen LogP contribution is 2.20. The number of hydrogen-bond donors (Lipinski definition) is 3. The maximum atomic E-state index is 12.3. The molecule has 1 amide bonds. The number of hydrogen-bond acceptors (Lipinski definition) is 5. The van der Waals surface area contributed by atoms with Gasteiger partial charge in [-0.15, -0.1) is 0 Å². The van der Waals surface area contributed by atoms with E-state index in [4.69, 9.17) is 15.2 Å². The van der Waals surface area contributed by atoms with Crippen LogP contribution < -0.4 is 21.1 Å². The van der Waals surface area contributed by atoms with Gasteiger partial charge in [-0.05, 0) is 30.0 Å². The minimum absolute atomic E-state index is 0.138. The zero-order valence-corrected chi connectivity index (χ0v) is 17.2. The number of carbonyl (C=O) groups is 1. The number of ether oxygens (including phenoxy) is 2. The molecule has 0 spiro atoms. The van der Waals surface area contributed by atoms with E-state index < -0.39 is 6.09 Å². The van der Waals surface area contributed by atoms with Gasteiger partial charge in [-0.1, -0.05) is 61.9 Å². The number of amides is 1. The second kappa shape index (κ2) is 13.6.